The highest BCUT2D eigenvalue weighted by Crippen LogP contribution is 2.06. The van der Waals surface area contributed by atoms with Crippen LogP contribution in [0.1, 0.15) is 0 Å². The van der Waals surface area contributed by atoms with Gasteiger partial charge in [0.15, 0.2) is 0 Å². The molecule has 1 rings (SSSR count). The summed E-state index contributed by atoms with van der Waals surface area (Å²) in [6, 6.07) is 0. The molecule has 0 aromatic heterocycles. The van der Waals surface area contributed by atoms with Crippen molar-refractivity contribution in [3.05, 3.63) is 0 Å². The molecule has 0 aromatic carbocycles. The minimum Gasteiger partial charge on any atom is -0.344 e. The molecule has 0 unspecified atom stereocenters. The van der Waals surface area contributed by atoms with Crippen molar-refractivity contribution in [1.29, 1.82) is 0 Å². The fraction of sp³-hybridized carbons (Fsp3) is 0.889. The lowest BCUT2D eigenvalue weighted by Crippen LogP contribution is -2.51. The topological polar surface area (TPSA) is 35.6 Å². The summed E-state index contributed by atoms with van der Waals surface area (Å²) in [4.78, 5) is 15.5. The normalized spacial score (nSPS) is 17.2. The van der Waals surface area contributed by atoms with Crippen LogP contribution in [0, 0.1) is 5.92 Å². The predicted octanol–water partition coefficient (Wildman–Crippen LogP) is -0.774. The maximum Gasteiger partial charge on any atom is 0.228 e. The Morgan fingerprint density at radius 2 is 1.92 bits per heavy atom. The number of amides is 1. The molecule has 0 aliphatic carbocycles. The number of carbonyl (C=O) groups is 1. The smallest absolute Gasteiger partial charge is 0.228 e. The lowest BCUT2D eigenvalue weighted by molar-refractivity contribution is -0.135. The third-order valence-corrected chi connectivity index (χ3v) is 2.39. The van der Waals surface area contributed by atoms with Crippen LogP contribution in [-0.4, -0.2) is 63.0 Å². The monoisotopic (exact) mass is 185 g/mol. The van der Waals surface area contributed by atoms with Crippen LogP contribution >= 0.6 is 0 Å². The molecule has 4 nitrogen and oxygen atoms in total. The number of hydrogen-bond acceptors (Lipinski definition) is 3. The maximum absolute atomic E-state index is 11.6. The van der Waals surface area contributed by atoms with E-state index in [1.165, 1.54) is 0 Å². The van der Waals surface area contributed by atoms with Crippen LogP contribution < -0.4 is 5.32 Å². The SMILES string of the molecule is CN(C)CCN(C)C(=O)C1CNC1. The molecule has 0 saturated carbocycles. The van der Waals surface area contributed by atoms with E-state index in [2.05, 4.69) is 10.2 Å². The first-order valence-corrected chi connectivity index (χ1v) is 4.71. The Kier molecular flexibility index (Phi) is 3.69. The average molecular weight is 185 g/mol. The average Bonchev–Trinajstić information content (AvgIpc) is 1.96. The fourth-order valence-electron chi connectivity index (χ4n) is 1.24. The van der Waals surface area contributed by atoms with Crippen molar-refractivity contribution in [3.63, 3.8) is 0 Å². The van der Waals surface area contributed by atoms with Gasteiger partial charge in [0.25, 0.3) is 0 Å². The second-order valence-corrected chi connectivity index (χ2v) is 3.92. The zero-order chi connectivity index (χ0) is 9.84. The predicted molar refractivity (Wildman–Crippen MR) is 52.6 cm³/mol. The van der Waals surface area contributed by atoms with Crippen LogP contribution in [0.3, 0.4) is 0 Å². The van der Waals surface area contributed by atoms with Crippen molar-refractivity contribution in [2.24, 2.45) is 5.92 Å². The molecule has 1 saturated heterocycles. The number of carbonyl (C=O) groups excluding carboxylic acids is 1. The first kappa shape index (κ1) is 10.5. The van der Waals surface area contributed by atoms with Gasteiger partial charge in [-0.1, -0.05) is 0 Å². The van der Waals surface area contributed by atoms with E-state index in [0.717, 1.165) is 26.2 Å². The van der Waals surface area contributed by atoms with Gasteiger partial charge in [-0.05, 0) is 14.1 Å². The van der Waals surface area contributed by atoms with Crippen LogP contribution in [0.2, 0.25) is 0 Å². The standard InChI is InChI=1S/C9H19N3O/c1-11(2)4-5-12(3)9(13)8-6-10-7-8/h8,10H,4-7H2,1-3H3. The van der Waals surface area contributed by atoms with E-state index >= 15 is 0 Å². The Labute approximate surface area is 79.9 Å². The summed E-state index contributed by atoms with van der Waals surface area (Å²) < 4.78 is 0. The second kappa shape index (κ2) is 4.58. The zero-order valence-corrected chi connectivity index (χ0v) is 8.71. The highest BCUT2D eigenvalue weighted by molar-refractivity contribution is 5.79. The van der Waals surface area contributed by atoms with E-state index in [9.17, 15) is 4.79 Å². The van der Waals surface area contributed by atoms with Crippen molar-refractivity contribution < 1.29 is 4.79 Å². The molecule has 1 N–H and O–H groups in total. The molecule has 1 aliphatic heterocycles. The molecule has 1 amide bonds. The molecule has 13 heavy (non-hydrogen) atoms. The Morgan fingerprint density at radius 1 is 1.31 bits per heavy atom. The van der Waals surface area contributed by atoms with Gasteiger partial charge in [-0.3, -0.25) is 4.79 Å². The van der Waals surface area contributed by atoms with E-state index in [0.29, 0.717) is 0 Å². The van der Waals surface area contributed by atoms with Gasteiger partial charge in [0.1, 0.15) is 0 Å². The van der Waals surface area contributed by atoms with E-state index in [4.69, 9.17) is 0 Å². The number of rotatable bonds is 4. The molecular weight excluding hydrogens is 166 g/mol. The second-order valence-electron chi connectivity index (χ2n) is 3.92. The minimum absolute atomic E-state index is 0.229. The van der Waals surface area contributed by atoms with Crippen molar-refractivity contribution in [1.82, 2.24) is 15.1 Å². The van der Waals surface area contributed by atoms with E-state index in [1.54, 1.807) is 0 Å². The Hall–Kier alpha value is -0.610. The van der Waals surface area contributed by atoms with Crippen LogP contribution in [0.15, 0.2) is 0 Å². The summed E-state index contributed by atoms with van der Waals surface area (Å²) in [7, 11) is 5.91. The molecule has 1 aliphatic rings. The Balaban J connectivity index is 2.21. The highest BCUT2D eigenvalue weighted by Gasteiger charge is 2.27. The largest absolute Gasteiger partial charge is 0.344 e. The van der Waals surface area contributed by atoms with Crippen molar-refractivity contribution in [2.75, 3.05) is 47.3 Å². The number of hydrogen-bond donors (Lipinski definition) is 1. The fourth-order valence-corrected chi connectivity index (χ4v) is 1.24. The summed E-state index contributed by atoms with van der Waals surface area (Å²) in [5, 5.41) is 3.10. The molecule has 0 aromatic rings. The Morgan fingerprint density at radius 3 is 2.31 bits per heavy atom. The van der Waals surface area contributed by atoms with Gasteiger partial charge in [0.05, 0.1) is 5.92 Å². The third-order valence-electron chi connectivity index (χ3n) is 2.39. The molecule has 0 spiro atoms. The summed E-state index contributed by atoms with van der Waals surface area (Å²) in [6.45, 7) is 3.46. The van der Waals surface area contributed by atoms with Gasteiger partial charge in [-0.25, -0.2) is 0 Å². The molecule has 1 heterocycles. The van der Waals surface area contributed by atoms with Crippen LogP contribution in [-0.2, 0) is 4.79 Å². The molecular formula is C9H19N3O. The minimum atomic E-state index is 0.229. The van der Waals surface area contributed by atoms with Gasteiger partial charge in [-0.2, -0.15) is 0 Å². The lowest BCUT2D eigenvalue weighted by Gasteiger charge is -2.30. The summed E-state index contributed by atoms with van der Waals surface area (Å²) >= 11 is 0. The van der Waals surface area contributed by atoms with E-state index < -0.39 is 0 Å². The van der Waals surface area contributed by atoms with Crippen molar-refractivity contribution in [2.45, 2.75) is 0 Å². The van der Waals surface area contributed by atoms with Crippen molar-refractivity contribution >= 4 is 5.91 Å². The van der Waals surface area contributed by atoms with Crippen LogP contribution in [0.25, 0.3) is 0 Å². The third kappa shape index (κ3) is 2.97. The first-order valence-electron chi connectivity index (χ1n) is 4.71. The van der Waals surface area contributed by atoms with E-state index in [1.807, 2.05) is 26.0 Å². The summed E-state index contributed by atoms with van der Waals surface area (Å²) in [5.41, 5.74) is 0. The molecule has 76 valence electrons. The maximum atomic E-state index is 11.6. The van der Waals surface area contributed by atoms with Gasteiger partial charge in [-0.15, -0.1) is 0 Å². The van der Waals surface area contributed by atoms with E-state index in [-0.39, 0.29) is 11.8 Å². The quantitative estimate of drug-likeness (QED) is 0.624. The summed E-state index contributed by atoms with van der Waals surface area (Å²) in [5.74, 6) is 0.507. The molecule has 0 bridgehead atoms. The van der Waals surface area contributed by atoms with Gasteiger partial charge in [0.2, 0.25) is 5.91 Å². The molecule has 0 atom stereocenters. The van der Waals surface area contributed by atoms with Crippen molar-refractivity contribution in [3.8, 4) is 0 Å². The lowest BCUT2D eigenvalue weighted by atomic mass is 10.0. The van der Waals surface area contributed by atoms with Gasteiger partial charge < -0.3 is 15.1 Å². The Bertz CT molecular complexity index is 178. The molecule has 4 heteroatoms. The van der Waals surface area contributed by atoms with Crippen LogP contribution in [0.4, 0.5) is 0 Å². The van der Waals surface area contributed by atoms with Gasteiger partial charge >= 0.3 is 0 Å². The number of nitrogens with one attached hydrogen (secondary N) is 1. The van der Waals surface area contributed by atoms with Gasteiger partial charge in [0, 0.05) is 33.2 Å². The number of nitrogens with zero attached hydrogens (tertiary/aromatic N) is 2. The van der Waals surface area contributed by atoms with Crippen LogP contribution in [0.5, 0.6) is 0 Å². The first-order chi connectivity index (χ1) is 6.11. The number of likely N-dealkylation sites (N-methyl/N-ethyl adjacent to an activating group) is 2. The highest BCUT2D eigenvalue weighted by atomic mass is 16.2. The molecule has 0 radical (unpaired) electrons. The zero-order valence-electron chi connectivity index (χ0n) is 8.71. The summed E-state index contributed by atoms with van der Waals surface area (Å²) in [6.07, 6.45) is 0. The molecule has 1 fully saturated rings.